The van der Waals surface area contributed by atoms with Crippen molar-refractivity contribution in [1.29, 1.82) is 0 Å². The molecule has 1 aliphatic heterocycles. The molecule has 0 aromatic heterocycles. The van der Waals surface area contributed by atoms with Crippen molar-refractivity contribution in [2.24, 2.45) is 34.5 Å². The number of rotatable bonds is 0. The molecule has 2 aliphatic carbocycles. The second-order valence-corrected chi connectivity index (χ2v) is 9.89. The van der Waals surface area contributed by atoms with Crippen LogP contribution in [0.1, 0.15) is 81.1 Å². The van der Waals surface area contributed by atoms with Crippen LogP contribution in [0.3, 0.4) is 0 Å². The van der Waals surface area contributed by atoms with Gasteiger partial charge in [0.2, 0.25) is 11.6 Å². The van der Waals surface area contributed by atoms with E-state index in [0.717, 1.165) is 25.7 Å². The Morgan fingerprint density at radius 3 is 1.17 bits per heavy atom. The zero-order chi connectivity index (χ0) is 18.0. The van der Waals surface area contributed by atoms with E-state index in [4.69, 9.17) is 19.6 Å². The summed E-state index contributed by atoms with van der Waals surface area (Å²) >= 11 is 0. The quantitative estimate of drug-likeness (QED) is 0.548. The van der Waals surface area contributed by atoms with Gasteiger partial charge in [0.1, 0.15) is 0 Å². The van der Waals surface area contributed by atoms with Gasteiger partial charge in [-0.2, -0.15) is 19.6 Å². The van der Waals surface area contributed by atoms with Gasteiger partial charge in [0, 0.05) is 23.7 Å². The SMILES string of the molecule is CC1CCC2(OOC3(CCC(C)C(C)C3(C)C)OO2)C(C)(C)C1C. The van der Waals surface area contributed by atoms with Crippen LogP contribution >= 0.6 is 0 Å². The van der Waals surface area contributed by atoms with Crippen molar-refractivity contribution < 1.29 is 19.6 Å². The van der Waals surface area contributed by atoms with Crippen molar-refractivity contribution in [2.75, 3.05) is 0 Å². The molecule has 3 rings (SSSR count). The van der Waals surface area contributed by atoms with Gasteiger partial charge >= 0.3 is 0 Å². The van der Waals surface area contributed by atoms with Crippen LogP contribution < -0.4 is 0 Å². The van der Waals surface area contributed by atoms with E-state index in [1.165, 1.54) is 0 Å². The molecule has 0 aromatic carbocycles. The minimum absolute atomic E-state index is 0.177. The number of hydrogen-bond acceptors (Lipinski definition) is 4. The van der Waals surface area contributed by atoms with Crippen LogP contribution in [0.4, 0.5) is 0 Å². The molecule has 4 unspecified atom stereocenters. The first kappa shape index (κ1) is 18.6. The number of hydrogen-bond donors (Lipinski definition) is 0. The summed E-state index contributed by atoms with van der Waals surface area (Å²) in [5.74, 6) is 0.581. The summed E-state index contributed by atoms with van der Waals surface area (Å²) in [6, 6.07) is 0. The van der Waals surface area contributed by atoms with E-state index in [1.807, 2.05) is 0 Å². The average molecular weight is 341 g/mol. The highest BCUT2D eigenvalue weighted by Gasteiger charge is 2.65. The molecular formula is C20H36O4. The highest BCUT2D eigenvalue weighted by Crippen LogP contribution is 2.59. The van der Waals surface area contributed by atoms with E-state index >= 15 is 0 Å². The molecule has 1 heterocycles. The fourth-order valence-electron chi connectivity index (χ4n) is 4.99. The highest BCUT2D eigenvalue weighted by molar-refractivity contribution is 5.00. The molecule has 4 nitrogen and oxygen atoms in total. The normalized spacial score (nSPS) is 51.0. The lowest BCUT2D eigenvalue weighted by molar-refractivity contribution is -0.691. The molecule has 0 bridgehead atoms. The molecular weight excluding hydrogens is 304 g/mol. The summed E-state index contributed by atoms with van der Waals surface area (Å²) in [5, 5.41) is 0. The molecule has 0 radical (unpaired) electrons. The van der Waals surface area contributed by atoms with Crippen LogP contribution in [0, 0.1) is 34.5 Å². The first-order valence-electron chi connectivity index (χ1n) is 9.73. The van der Waals surface area contributed by atoms with Crippen LogP contribution in [0.15, 0.2) is 0 Å². The summed E-state index contributed by atoms with van der Waals surface area (Å²) in [7, 11) is 0. The van der Waals surface area contributed by atoms with Crippen molar-refractivity contribution >= 4 is 0 Å². The molecule has 3 fully saturated rings. The summed E-state index contributed by atoms with van der Waals surface area (Å²) in [4.78, 5) is 24.4. The molecule has 4 atom stereocenters. The van der Waals surface area contributed by atoms with Gasteiger partial charge in [0.25, 0.3) is 0 Å². The van der Waals surface area contributed by atoms with Crippen molar-refractivity contribution in [3.8, 4) is 0 Å². The highest BCUT2D eigenvalue weighted by atomic mass is 17.4. The average Bonchev–Trinajstić information content (AvgIpc) is 2.54. The minimum atomic E-state index is -0.813. The van der Waals surface area contributed by atoms with Gasteiger partial charge in [-0.3, -0.25) is 0 Å². The van der Waals surface area contributed by atoms with E-state index < -0.39 is 11.6 Å². The molecule has 0 aromatic rings. The van der Waals surface area contributed by atoms with Gasteiger partial charge in [-0.05, 0) is 36.5 Å². The molecule has 1 saturated heterocycles. The molecule has 24 heavy (non-hydrogen) atoms. The Kier molecular flexibility index (Phi) is 4.40. The Labute approximate surface area is 147 Å². The van der Waals surface area contributed by atoms with Gasteiger partial charge in [0.05, 0.1) is 0 Å². The standard InChI is InChI=1S/C20H36O4/c1-13-9-11-19(17(5,6)15(13)3)21-23-20(24-22-19)12-10-14(2)16(4)18(20,7)8/h13-16H,9-12H2,1-8H3. The van der Waals surface area contributed by atoms with Crippen LogP contribution in [0.25, 0.3) is 0 Å². The fourth-order valence-corrected chi connectivity index (χ4v) is 4.99. The van der Waals surface area contributed by atoms with Crippen molar-refractivity contribution in [3.63, 3.8) is 0 Å². The largest absolute Gasteiger partial charge is 0.239 e. The zero-order valence-electron chi connectivity index (χ0n) is 16.8. The van der Waals surface area contributed by atoms with E-state index in [2.05, 4.69) is 55.4 Å². The topological polar surface area (TPSA) is 36.9 Å². The molecule has 140 valence electrons. The molecule has 4 heteroatoms. The van der Waals surface area contributed by atoms with E-state index in [1.54, 1.807) is 0 Å². The van der Waals surface area contributed by atoms with Crippen LogP contribution in [-0.2, 0) is 19.6 Å². The Morgan fingerprint density at radius 1 is 0.583 bits per heavy atom. The first-order chi connectivity index (χ1) is 11.0. The van der Waals surface area contributed by atoms with Crippen molar-refractivity contribution in [1.82, 2.24) is 0 Å². The summed E-state index contributed by atoms with van der Waals surface area (Å²) < 4.78 is 0. The van der Waals surface area contributed by atoms with Crippen LogP contribution in [0.5, 0.6) is 0 Å². The molecule has 2 saturated carbocycles. The predicted molar refractivity (Wildman–Crippen MR) is 92.5 cm³/mol. The first-order valence-corrected chi connectivity index (χ1v) is 9.73. The van der Waals surface area contributed by atoms with E-state index in [-0.39, 0.29) is 10.8 Å². The smallest absolute Gasteiger partial charge is 0.194 e. The van der Waals surface area contributed by atoms with Gasteiger partial charge in [-0.25, -0.2) is 0 Å². The van der Waals surface area contributed by atoms with Gasteiger partial charge < -0.3 is 0 Å². The maximum Gasteiger partial charge on any atom is 0.239 e. The zero-order valence-corrected chi connectivity index (χ0v) is 16.8. The van der Waals surface area contributed by atoms with E-state index in [9.17, 15) is 0 Å². The Balaban J connectivity index is 1.83. The van der Waals surface area contributed by atoms with Crippen molar-refractivity contribution in [2.45, 2.75) is 92.6 Å². The van der Waals surface area contributed by atoms with Gasteiger partial charge in [0.15, 0.2) is 0 Å². The summed E-state index contributed by atoms with van der Waals surface area (Å²) in [6.07, 6.45) is 3.71. The monoisotopic (exact) mass is 340 g/mol. The maximum atomic E-state index is 6.11. The molecule has 0 N–H and O–H groups in total. The van der Waals surface area contributed by atoms with Crippen molar-refractivity contribution in [3.05, 3.63) is 0 Å². The predicted octanol–water partition coefficient (Wildman–Crippen LogP) is 5.47. The molecule has 3 aliphatic rings. The lowest BCUT2D eigenvalue weighted by atomic mass is 9.60. The third-order valence-corrected chi connectivity index (χ3v) is 8.43. The Bertz CT molecular complexity index is 432. The maximum absolute atomic E-state index is 6.11. The third kappa shape index (κ3) is 2.33. The van der Waals surface area contributed by atoms with Crippen LogP contribution in [-0.4, -0.2) is 11.6 Å². The van der Waals surface area contributed by atoms with Crippen LogP contribution in [0.2, 0.25) is 0 Å². The van der Waals surface area contributed by atoms with Gasteiger partial charge in [-0.1, -0.05) is 55.4 Å². The third-order valence-electron chi connectivity index (χ3n) is 8.43. The van der Waals surface area contributed by atoms with E-state index in [0.29, 0.717) is 23.7 Å². The minimum Gasteiger partial charge on any atom is -0.194 e. The second kappa shape index (κ2) is 5.67. The Hall–Kier alpha value is -0.160. The summed E-state index contributed by atoms with van der Waals surface area (Å²) in [6.45, 7) is 18.0. The molecule has 2 spiro atoms. The Morgan fingerprint density at radius 2 is 0.875 bits per heavy atom. The van der Waals surface area contributed by atoms with Gasteiger partial charge in [-0.15, -0.1) is 0 Å². The second-order valence-electron chi connectivity index (χ2n) is 9.89. The fraction of sp³-hybridized carbons (Fsp3) is 1.00. The lowest BCUT2D eigenvalue weighted by Crippen LogP contribution is -2.66. The molecule has 0 amide bonds. The summed E-state index contributed by atoms with van der Waals surface area (Å²) in [5.41, 5.74) is -0.353. The lowest BCUT2D eigenvalue weighted by Gasteiger charge is -2.60.